The predicted molar refractivity (Wildman–Crippen MR) is 97.4 cm³/mol. The third-order valence-electron chi connectivity index (χ3n) is 4.98. The summed E-state index contributed by atoms with van der Waals surface area (Å²) in [6.07, 6.45) is 1.51. The van der Waals surface area contributed by atoms with E-state index in [9.17, 15) is 9.59 Å². The quantitative estimate of drug-likeness (QED) is 0.754. The number of furan rings is 1. The second kappa shape index (κ2) is 6.95. The maximum Gasteiger partial charge on any atom is 0.338 e. The molecule has 146 valence electrons. The summed E-state index contributed by atoms with van der Waals surface area (Å²) in [5.74, 6) is 1.28. The summed E-state index contributed by atoms with van der Waals surface area (Å²) in [6, 6.07) is 7.95. The molecule has 0 saturated carbocycles. The van der Waals surface area contributed by atoms with Gasteiger partial charge in [-0.05, 0) is 36.8 Å². The first-order chi connectivity index (χ1) is 13.5. The number of nitrogens with zero attached hydrogens (tertiary/aromatic N) is 2. The summed E-state index contributed by atoms with van der Waals surface area (Å²) in [5, 5.41) is 0. The van der Waals surface area contributed by atoms with Gasteiger partial charge in [0.15, 0.2) is 11.5 Å². The molecule has 0 spiro atoms. The predicted octanol–water partition coefficient (Wildman–Crippen LogP) is 3.06. The first kappa shape index (κ1) is 18.0. The summed E-state index contributed by atoms with van der Waals surface area (Å²) < 4.78 is 21.7. The molecule has 8 nitrogen and oxygen atoms in total. The Morgan fingerprint density at radius 3 is 2.75 bits per heavy atom. The number of esters is 1. The number of rotatable bonds is 4. The van der Waals surface area contributed by atoms with Crippen LogP contribution in [-0.2, 0) is 16.1 Å². The zero-order valence-corrected chi connectivity index (χ0v) is 15.8. The molecule has 1 atom stereocenters. The fourth-order valence-corrected chi connectivity index (χ4v) is 3.36. The molecule has 1 aromatic heterocycles. The first-order valence-electron chi connectivity index (χ1n) is 8.77. The molecular formula is C20H20N2O6. The Kier molecular flexibility index (Phi) is 4.46. The lowest BCUT2D eigenvalue weighted by atomic mass is 9.98. The van der Waals surface area contributed by atoms with E-state index in [4.69, 9.17) is 18.6 Å². The van der Waals surface area contributed by atoms with E-state index in [1.165, 1.54) is 16.1 Å². The van der Waals surface area contributed by atoms with E-state index in [1.54, 1.807) is 45.3 Å². The van der Waals surface area contributed by atoms with E-state index in [0.717, 1.165) is 5.56 Å². The number of carbonyl (C=O) groups is 2. The highest BCUT2D eigenvalue weighted by Gasteiger charge is 2.40. The summed E-state index contributed by atoms with van der Waals surface area (Å²) >= 11 is 0. The van der Waals surface area contributed by atoms with Crippen LogP contribution >= 0.6 is 0 Å². The van der Waals surface area contributed by atoms with Crippen molar-refractivity contribution in [3.05, 3.63) is 59.2 Å². The second-order valence-corrected chi connectivity index (χ2v) is 6.63. The SMILES string of the molecule is CC1=C(C(=O)OCc2ccc3c(c2)OCO3)[C@@H](c2ccco2)N(C)C(=O)N1C. The lowest BCUT2D eigenvalue weighted by Crippen LogP contribution is -2.47. The molecule has 28 heavy (non-hydrogen) atoms. The number of allylic oxidation sites excluding steroid dienone is 1. The number of amides is 2. The van der Waals surface area contributed by atoms with E-state index in [-0.39, 0.29) is 19.4 Å². The average molecular weight is 384 g/mol. The monoisotopic (exact) mass is 384 g/mol. The van der Waals surface area contributed by atoms with Gasteiger partial charge in [0.25, 0.3) is 0 Å². The van der Waals surface area contributed by atoms with Crippen molar-refractivity contribution < 1.29 is 28.2 Å². The molecule has 2 aliphatic heterocycles. The highest BCUT2D eigenvalue weighted by molar-refractivity contribution is 5.94. The zero-order chi connectivity index (χ0) is 19.8. The second-order valence-electron chi connectivity index (χ2n) is 6.63. The molecule has 3 heterocycles. The molecule has 0 unspecified atom stereocenters. The fourth-order valence-electron chi connectivity index (χ4n) is 3.36. The molecule has 0 fully saturated rings. The lowest BCUT2D eigenvalue weighted by molar-refractivity contribution is -0.141. The molecule has 0 radical (unpaired) electrons. The molecular weight excluding hydrogens is 364 g/mol. The van der Waals surface area contributed by atoms with Gasteiger partial charge in [0.05, 0.1) is 11.8 Å². The Labute approximate surface area is 161 Å². The zero-order valence-electron chi connectivity index (χ0n) is 15.8. The minimum atomic E-state index is -0.650. The highest BCUT2D eigenvalue weighted by atomic mass is 16.7. The number of hydrogen-bond donors (Lipinski definition) is 0. The van der Waals surface area contributed by atoms with Crippen molar-refractivity contribution in [1.29, 1.82) is 0 Å². The topological polar surface area (TPSA) is 81.5 Å². The normalized spacial score (nSPS) is 18.7. The molecule has 8 heteroatoms. The first-order valence-corrected chi connectivity index (χ1v) is 8.77. The maximum atomic E-state index is 13.0. The number of likely N-dealkylation sites (N-methyl/N-ethyl adjacent to an activating group) is 1. The highest BCUT2D eigenvalue weighted by Crippen LogP contribution is 2.37. The van der Waals surface area contributed by atoms with Gasteiger partial charge in [-0.2, -0.15) is 0 Å². The Morgan fingerprint density at radius 2 is 2.00 bits per heavy atom. The van der Waals surface area contributed by atoms with Gasteiger partial charge in [-0.3, -0.25) is 0 Å². The van der Waals surface area contributed by atoms with E-state index in [0.29, 0.717) is 28.5 Å². The van der Waals surface area contributed by atoms with E-state index < -0.39 is 12.0 Å². The van der Waals surface area contributed by atoms with E-state index >= 15 is 0 Å². The van der Waals surface area contributed by atoms with Crippen LogP contribution in [0, 0.1) is 0 Å². The Balaban J connectivity index is 1.59. The Morgan fingerprint density at radius 1 is 1.21 bits per heavy atom. The van der Waals surface area contributed by atoms with Crippen LogP contribution in [0.3, 0.4) is 0 Å². The van der Waals surface area contributed by atoms with Gasteiger partial charge in [0.2, 0.25) is 6.79 Å². The fraction of sp³-hybridized carbons (Fsp3) is 0.300. The number of carbonyl (C=O) groups excluding carboxylic acids is 2. The van der Waals surface area contributed by atoms with Crippen LogP contribution in [-0.4, -0.2) is 42.7 Å². The third kappa shape index (κ3) is 2.96. The number of hydrogen-bond acceptors (Lipinski definition) is 6. The van der Waals surface area contributed by atoms with Gasteiger partial charge in [-0.15, -0.1) is 0 Å². The van der Waals surface area contributed by atoms with Crippen molar-refractivity contribution in [1.82, 2.24) is 9.80 Å². The molecule has 2 aliphatic rings. The van der Waals surface area contributed by atoms with Crippen molar-refractivity contribution in [3.8, 4) is 11.5 Å². The average Bonchev–Trinajstić information content (AvgIpc) is 3.38. The van der Waals surface area contributed by atoms with Crippen LogP contribution < -0.4 is 9.47 Å². The van der Waals surface area contributed by atoms with Crippen LogP contribution in [0.15, 0.2) is 52.3 Å². The van der Waals surface area contributed by atoms with Gasteiger partial charge < -0.3 is 28.4 Å². The molecule has 1 aromatic carbocycles. The van der Waals surface area contributed by atoms with Gasteiger partial charge in [0.1, 0.15) is 18.4 Å². The van der Waals surface area contributed by atoms with Crippen LogP contribution in [0.25, 0.3) is 0 Å². The van der Waals surface area contributed by atoms with Crippen molar-refractivity contribution in [2.45, 2.75) is 19.6 Å². The van der Waals surface area contributed by atoms with Crippen molar-refractivity contribution in [3.63, 3.8) is 0 Å². The molecule has 4 rings (SSSR count). The summed E-state index contributed by atoms with van der Waals surface area (Å²) in [6.45, 7) is 1.97. The molecule has 0 bridgehead atoms. The van der Waals surface area contributed by atoms with Crippen LogP contribution in [0.4, 0.5) is 4.79 Å². The third-order valence-corrected chi connectivity index (χ3v) is 4.98. The summed E-state index contributed by atoms with van der Waals surface area (Å²) in [7, 11) is 3.25. The largest absolute Gasteiger partial charge is 0.467 e. The van der Waals surface area contributed by atoms with E-state index in [2.05, 4.69) is 0 Å². The number of ether oxygens (including phenoxy) is 3. The molecule has 0 N–H and O–H groups in total. The van der Waals surface area contributed by atoms with E-state index in [1.807, 2.05) is 6.07 Å². The van der Waals surface area contributed by atoms with Crippen molar-refractivity contribution >= 4 is 12.0 Å². The number of benzene rings is 1. The van der Waals surface area contributed by atoms with Crippen molar-refractivity contribution in [2.75, 3.05) is 20.9 Å². The van der Waals surface area contributed by atoms with Crippen LogP contribution in [0.2, 0.25) is 0 Å². The lowest BCUT2D eigenvalue weighted by Gasteiger charge is -2.38. The minimum Gasteiger partial charge on any atom is -0.467 e. The smallest absolute Gasteiger partial charge is 0.338 e. The van der Waals surface area contributed by atoms with Crippen LogP contribution in [0.1, 0.15) is 24.3 Å². The summed E-state index contributed by atoms with van der Waals surface area (Å²) in [4.78, 5) is 28.4. The molecule has 0 aliphatic carbocycles. The molecule has 2 aromatic rings. The minimum absolute atomic E-state index is 0.0680. The Hall–Kier alpha value is -3.42. The maximum absolute atomic E-state index is 13.0. The number of fused-ring (bicyclic) bond motifs is 1. The van der Waals surface area contributed by atoms with Gasteiger partial charge in [-0.25, -0.2) is 9.59 Å². The van der Waals surface area contributed by atoms with Gasteiger partial charge in [0, 0.05) is 19.8 Å². The van der Waals surface area contributed by atoms with Crippen molar-refractivity contribution in [2.24, 2.45) is 0 Å². The van der Waals surface area contributed by atoms with Crippen LogP contribution in [0.5, 0.6) is 11.5 Å². The standard InChI is InChI=1S/C20H20N2O6/c1-12-17(18(15-5-4-8-25-15)22(3)20(24)21(12)2)19(23)26-10-13-6-7-14-16(9-13)28-11-27-14/h4-9,18H,10-11H2,1-3H3/t18-/m1/s1. The Bertz CT molecular complexity index is 950. The number of urea groups is 1. The summed E-state index contributed by atoms with van der Waals surface area (Å²) in [5.41, 5.74) is 1.67. The molecule has 2 amide bonds. The molecule has 0 saturated heterocycles. The van der Waals surface area contributed by atoms with Gasteiger partial charge >= 0.3 is 12.0 Å². The van der Waals surface area contributed by atoms with Gasteiger partial charge in [-0.1, -0.05) is 6.07 Å².